The summed E-state index contributed by atoms with van der Waals surface area (Å²) in [5.41, 5.74) is 0.873. The molecular formula is C17H18N2O4. The van der Waals surface area contributed by atoms with Crippen LogP contribution < -0.4 is 9.64 Å². The van der Waals surface area contributed by atoms with Crippen LogP contribution in [0.1, 0.15) is 16.9 Å². The highest BCUT2D eigenvalue weighted by atomic mass is 16.5. The van der Waals surface area contributed by atoms with Crippen molar-refractivity contribution in [2.75, 3.05) is 25.7 Å². The SMILES string of the molecule is COC(=O)CCN(C(=O)c1ncccc1OC)c1ccccc1. The Hall–Kier alpha value is -2.89. The van der Waals surface area contributed by atoms with Crippen LogP contribution in [0.4, 0.5) is 5.69 Å². The van der Waals surface area contributed by atoms with Crippen molar-refractivity contribution in [3.8, 4) is 5.75 Å². The summed E-state index contributed by atoms with van der Waals surface area (Å²) in [6.07, 6.45) is 1.62. The van der Waals surface area contributed by atoms with E-state index in [0.29, 0.717) is 11.4 Å². The van der Waals surface area contributed by atoms with Gasteiger partial charge in [-0.15, -0.1) is 0 Å². The number of hydrogen-bond acceptors (Lipinski definition) is 5. The van der Waals surface area contributed by atoms with E-state index in [0.717, 1.165) is 0 Å². The van der Waals surface area contributed by atoms with E-state index in [2.05, 4.69) is 9.72 Å². The van der Waals surface area contributed by atoms with Gasteiger partial charge in [0.1, 0.15) is 5.75 Å². The van der Waals surface area contributed by atoms with E-state index < -0.39 is 0 Å². The van der Waals surface area contributed by atoms with Crippen molar-refractivity contribution in [2.24, 2.45) is 0 Å². The number of carbonyl (C=O) groups excluding carboxylic acids is 2. The lowest BCUT2D eigenvalue weighted by molar-refractivity contribution is -0.140. The Bertz CT molecular complexity index is 673. The van der Waals surface area contributed by atoms with Crippen LogP contribution in [-0.2, 0) is 9.53 Å². The maximum Gasteiger partial charge on any atom is 0.307 e. The molecule has 120 valence electrons. The van der Waals surface area contributed by atoms with Crippen molar-refractivity contribution in [1.82, 2.24) is 4.98 Å². The number of ether oxygens (including phenoxy) is 2. The van der Waals surface area contributed by atoms with Gasteiger partial charge in [0.25, 0.3) is 5.91 Å². The van der Waals surface area contributed by atoms with Crippen LogP contribution in [0.3, 0.4) is 0 Å². The normalized spacial score (nSPS) is 10.0. The summed E-state index contributed by atoms with van der Waals surface area (Å²) >= 11 is 0. The fourth-order valence-electron chi connectivity index (χ4n) is 2.10. The summed E-state index contributed by atoms with van der Waals surface area (Å²) in [6, 6.07) is 12.5. The molecule has 6 nitrogen and oxygen atoms in total. The fraction of sp³-hybridized carbons (Fsp3) is 0.235. The van der Waals surface area contributed by atoms with Crippen LogP contribution in [0.5, 0.6) is 5.75 Å². The van der Waals surface area contributed by atoms with Crippen molar-refractivity contribution >= 4 is 17.6 Å². The number of rotatable bonds is 6. The first-order valence-electron chi connectivity index (χ1n) is 7.10. The Balaban J connectivity index is 2.32. The fourth-order valence-corrected chi connectivity index (χ4v) is 2.10. The van der Waals surface area contributed by atoms with E-state index in [-0.39, 0.29) is 30.5 Å². The molecular weight excluding hydrogens is 296 g/mol. The largest absolute Gasteiger partial charge is 0.494 e. The zero-order chi connectivity index (χ0) is 16.7. The van der Waals surface area contributed by atoms with Crippen LogP contribution in [0.15, 0.2) is 48.7 Å². The van der Waals surface area contributed by atoms with Gasteiger partial charge in [-0.1, -0.05) is 18.2 Å². The maximum absolute atomic E-state index is 12.9. The van der Waals surface area contributed by atoms with Crippen LogP contribution in [0, 0.1) is 0 Å². The molecule has 0 aliphatic heterocycles. The number of nitrogens with zero attached hydrogens (tertiary/aromatic N) is 2. The summed E-state index contributed by atoms with van der Waals surface area (Å²) in [5.74, 6) is -0.333. The average molecular weight is 314 g/mol. The molecule has 0 spiro atoms. The second-order valence-corrected chi connectivity index (χ2v) is 4.67. The number of para-hydroxylation sites is 1. The predicted molar refractivity (Wildman–Crippen MR) is 85.5 cm³/mol. The molecule has 0 bridgehead atoms. The molecule has 0 unspecified atom stereocenters. The van der Waals surface area contributed by atoms with Gasteiger partial charge in [-0.25, -0.2) is 4.98 Å². The molecule has 23 heavy (non-hydrogen) atoms. The summed E-state index contributed by atoms with van der Waals surface area (Å²) < 4.78 is 9.85. The zero-order valence-electron chi connectivity index (χ0n) is 13.1. The van der Waals surface area contributed by atoms with Gasteiger partial charge in [0.05, 0.1) is 20.6 Å². The van der Waals surface area contributed by atoms with Gasteiger partial charge in [-0.05, 0) is 24.3 Å². The van der Waals surface area contributed by atoms with E-state index in [4.69, 9.17) is 4.74 Å². The minimum atomic E-state index is -0.383. The summed E-state index contributed by atoms with van der Waals surface area (Å²) in [6.45, 7) is 0.190. The Morgan fingerprint density at radius 1 is 1.09 bits per heavy atom. The van der Waals surface area contributed by atoms with E-state index in [1.54, 1.807) is 24.3 Å². The number of pyridine rings is 1. The van der Waals surface area contributed by atoms with Crippen LogP contribution in [0.2, 0.25) is 0 Å². The number of anilines is 1. The molecule has 1 aromatic heterocycles. The Labute approximate surface area is 134 Å². The standard InChI is InChI=1S/C17H18N2O4/c1-22-14-9-6-11-18-16(14)17(21)19(12-10-15(20)23-2)13-7-4-3-5-8-13/h3-9,11H,10,12H2,1-2H3. The lowest BCUT2D eigenvalue weighted by Gasteiger charge is -2.22. The third-order valence-corrected chi connectivity index (χ3v) is 3.27. The average Bonchev–Trinajstić information content (AvgIpc) is 2.62. The smallest absolute Gasteiger partial charge is 0.307 e. The molecule has 0 N–H and O–H groups in total. The summed E-state index contributed by atoms with van der Waals surface area (Å²) in [7, 11) is 2.80. The molecule has 2 aromatic rings. The monoisotopic (exact) mass is 314 g/mol. The molecule has 0 saturated carbocycles. The van der Waals surface area contributed by atoms with Crippen LogP contribution in [0.25, 0.3) is 0 Å². The predicted octanol–water partition coefficient (Wildman–Crippen LogP) is 2.30. The summed E-state index contributed by atoms with van der Waals surface area (Å²) in [5, 5.41) is 0. The minimum Gasteiger partial charge on any atom is -0.494 e. The van der Waals surface area contributed by atoms with Gasteiger partial charge in [0.15, 0.2) is 5.69 Å². The molecule has 0 saturated heterocycles. The number of aromatic nitrogens is 1. The van der Waals surface area contributed by atoms with E-state index >= 15 is 0 Å². The van der Waals surface area contributed by atoms with Gasteiger partial charge in [-0.3, -0.25) is 9.59 Å². The molecule has 0 fully saturated rings. The Morgan fingerprint density at radius 2 is 1.83 bits per heavy atom. The summed E-state index contributed by atoms with van der Waals surface area (Å²) in [4.78, 5) is 29.9. The molecule has 6 heteroatoms. The van der Waals surface area contributed by atoms with Crippen molar-refractivity contribution < 1.29 is 19.1 Å². The van der Waals surface area contributed by atoms with Crippen molar-refractivity contribution in [2.45, 2.75) is 6.42 Å². The van der Waals surface area contributed by atoms with Crippen molar-refractivity contribution in [3.05, 3.63) is 54.4 Å². The number of esters is 1. The van der Waals surface area contributed by atoms with Gasteiger partial charge in [0.2, 0.25) is 0 Å². The number of benzene rings is 1. The van der Waals surface area contributed by atoms with Gasteiger partial charge < -0.3 is 14.4 Å². The number of methoxy groups -OCH3 is 2. The van der Waals surface area contributed by atoms with Gasteiger partial charge in [0, 0.05) is 18.4 Å². The topological polar surface area (TPSA) is 68.7 Å². The number of carbonyl (C=O) groups is 2. The quantitative estimate of drug-likeness (QED) is 0.765. The highest BCUT2D eigenvalue weighted by Gasteiger charge is 2.23. The molecule has 0 aliphatic carbocycles. The van der Waals surface area contributed by atoms with Crippen molar-refractivity contribution in [3.63, 3.8) is 0 Å². The van der Waals surface area contributed by atoms with E-state index in [9.17, 15) is 9.59 Å². The van der Waals surface area contributed by atoms with Crippen LogP contribution >= 0.6 is 0 Å². The van der Waals surface area contributed by atoms with Gasteiger partial charge >= 0.3 is 5.97 Å². The lowest BCUT2D eigenvalue weighted by Crippen LogP contribution is -2.34. The Morgan fingerprint density at radius 3 is 2.48 bits per heavy atom. The first kappa shape index (κ1) is 16.5. The van der Waals surface area contributed by atoms with E-state index in [1.807, 2.05) is 18.2 Å². The molecule has 0 atom stereocenters. The molecule has 1 amide bonds. The molecule has 0 radical (unpaired) electrons. The molecule has 0 aliphatic rings. The van der Waals surface area contributed by atoms with Crippen molar-refractivity contribution in [1.29, 1.82) is 0 Å². The minimum absolute atomic E-state index is 0.0896. The number of amides is 1. The third-order valence-electron chi connectivity index (χ3n) is 3.27. The first-order valence-corrected chi connectivity index (χ1v) is 7.10. The second kappa shape index (κ2) is 7.93. The molecule has 1 aromatic carbocycles. The highest BCUT2D eigenvalue weighted by molar-refractivity contribution is 6.06. The van der Waals surface area contributed by atoms with Gasteiger partial charge in [-0.2, -0.15) is 0 Å². The highest BCUT2D eigenvalue weighted by Crippen LogP contribution is 2.21. The third kappa shape index (κ3) is 4.06. The zero-order valence-corrected chi connectivity index (χ0v) is 13.1. The van der Waals surface area contributed by atoms with Crippen LogP contribution in [-0.4, -0.2) is 37.6 Å². The number of hydrogen-bond donors (Lipinski definition) is 0. The lowest BCUT2D eigenvalue weighted by atomic mass is 10.2. The van der Waals surface area contributed by atoms with E-state index in [1.165, 1.54) is 25.3 Å². The molecule has 1 heterocycles. The molecule has 2 rings (SSSR count). The maximum atomic E-state index is 12.9. The second-order valence-electron chi connectivity index (χ2n) is 4.67. The first-order chi connectivity index (χ1) is 11.2. The Kier molecular flexibility index (Phi) is 5.68.